The van der Waals surface area contributed by atoms with E-state index in [0.29, 0.717) is 12.4 Å². The van der Waals surface area contributed by atoms with Crippen LogP contribution in [0.1, 0.15) is 12.0 Å². The lowest BCUT2D eigenvalue weighted by Crippen LogP contribution is -2.00. The van der Waals surface area contributed by atoms with Crippen LogP contribution in [0.2, 0.25) is 0 Å². The number of rotatable bonds is 0. The van der Waals surface area contributed by atoms with Crippen LogP contribution in [0.4, 0.5) is 0 Å². The van der Waals surface area contributed by atoms with Gasteiger partial charge in [0.25, 0.3) is 0 Å². The van der Waals surface area contributed by atoms with Gasteiger partial charge in [-0.2, -0.15) is 5.10 Å². The Morgan fingerprint density at radius 1 is 0.824 bits per heavy atom. The number of aromatic nitrogens is 6. The van der Waals surface area contributed by atoms with E-state index in [2.05, 4.69) is 61.5 Å². The minimum absolute atomic E-state index is 0.625. The Labute approximate surface area is 194 Å². The highest BCUT2D eigenvalue weighted by Crippen LogP contribution is 2.33. The third kappa shape index (κ3) is 3.13. The molecule has 0 atom stereocenters. The third-order valence-electron chi connectivity index (χ3n) is 6.34. The first-order chi connectivity index (χ1) is 16.8. The number of benzene rings is 2. The molecule has 0 amide bonds. The molecule has 8 bridgehead atoms. The summed E-state index contributed by atoms with van der Waals surface area (Å²) in [4.78, 5) is 17.3. The van der Waals surface area contributed by atoms with E-state index >= 15 is 0 Å². The van der Waals surface area contributed by atoms with Gasteiger partial charge in [0.15, 0.2) is 5.82 Å². The van der Waals surface area contributed by atoms with Gasteiger partial charge < -0.3 is 9.72 Å². The van der Waals surface area contributed by atoms with Crippen molar-refractivity contribution in [1.29, 1.82) is 0 Å². The predicted octanol–water partition coefficient (Wildman–Crippen LogP) is 5.56. The lowest BCUT2D eigenvalue weighted by molar-refractivity contribution is 0.310. The minimum Gasteiger partial charge on any atom is -0.492 e. The topological polar surface area (TPSA) is 92.4 Å². The summed E-state index contributed by atoms with van der Waals surface area (Å²) in [7, 11) is 0. The van der Waals surface area contributed by atoms with Crippen molar-refractivity contribution < 1.29 is 4.74 Å². The van der Waals surface area contributed by atoms with Crippen molar-refractivity contribution in [3.8, 4) is 39.5 Å². The van der Waals surface area contributed by atoms with E-state index in [1.165, 1.54) is 5.56 Å². The van der Waals surface area contributed by atoms with Gasteiger partial charge >= 0.3 is 0 Å². The Morgan fingerprint density at radius 3 is 2.79 bits per heavy atom. The molecule has 2 aromatic carbocycles. The molecule has 0 saturated carbocycles. The molecule has 7 heteroatoms. The van der Waals surface area contributed by atoms with Crippen LogP contribution in [0.15, 0.2) is 73.3 Å². The Balaban J connectivity index is 1.47. The molecule has 6 aromatic rings. The molecule has 4 aromatic heterocycles. The second-order valence-corrected chi connectivity index (χ2v) is 8.56. The Hall–Kier alpha value is -4.52. The fourth-order valence-corrected chi connectivity index (χ4v) is 4.65. The number of aryl methyl sites for hydroxylation is 1. The van der Waals surface area contributed by atoms with Gasteiger partial charge in [-0.1, -0.05) is 30.3 Å². The number of ether oxygens (including phenoxy) is 1. The Kier molecular flexibility index (Phi) is 4.20. The average Bonchev–Trinajstić information content (AvgIpc) is 3.50. The highest BCUT2D eigenvalue weighted by atomic mass is 16.5. The molecule has 1 aliphatic heterocycles. The standard InChI is InChI=1S/C27H20N6O/c1-3-16-4-2-8-34-20-10-19(12-28-13-20)17-6-7-23-21(11-17)26(33-32-23)27-30-24-15-29-14-22(25(24)31-27)18(5-1)9-16/h1,3,5-7,9-15H,2,4,8H2,(H,30,31)(H,32,33). The molecule has 0 saturated heterocycles. The van der Waals surface area contributed by atoms with Crippen molar-refractivity contribution in [3.05, 3.63) is 78.9 Å². The van der Waals surface area contributed by atoms with E-state index in [-0.39, 0.29) is 0 Å². The van der Waals surface area contributed by atoms with Crippen LogP contribution in [0, 0.1) is 0 Å². The molecule has 164 valence electrons. The van der Waals surface area contributed by atoms with Crippen molar-refractivity contribution in [2.75, 3.05) is 6.61 Å². The minimum atomic E-state index is 0.625. The van der Waals surface area contributed by atoms with Crippen molar-refractivity contribution in [1.82, 2.24) is 30.1 Å². The summed E-state index contributed by atoms with van der Waals surface area (Å²) in [5.41, 5.74) is 8.88. The van der Waals surface area contributed by atoms with Crippen molar-refractivity contribution in [2.24, 2.45) is 0 Å². The van der Waals surface area contributed by atoms with Gasteiger partial charge in [0.1, 0.15) is 11.4 Å². The van der Waals surface area contributed by atoms with Crippen LogP contribution in [0.5, 0.6) is 5.75 Å². The molecule has 5 heterocycles. The van der Waals surface area contributed by atoms with E-state index in [4.69, 9.17) is 9.72 Å². The van der Waals surface area contributed by atoms with E-state index in [1.807, 2.05) is 30.7 Å². The normalized spacial score (nSPS) is 13.2. The zero-order chi connectivity index (χ0) is 22.5. The van der Waals surface area contributed by atoms with E-state index in [1.54, 1.807) is 6.20 Å². The number of hydrogen-bond donors (Lipinski definition) is 2. The third-order valence-corrected chi connectivity index (χ3v) is 6.34. The lowest BCUT2D eigenvalue weighted by atomic mass is 10.0. The summed E-state index contributed by atoms with van der Waals surface area (Å²) in [6, 6.07) is 16.8. The van der Waals surface area contributed by atoms with Gasteiger partial charge in [0, 0.05) is 28.9 Å². The highest BCUT2D eigenvalue weighted by molar-refractivity contribution is 5.98. The van der Waals surface area contributed by atoms with E-state index < -0.39 is 0 Å². The number of hydrogen-bond acceptors (Lipinski definition) is 5. The predicted molar refractivity (Wildman–Crippen MR) is 131 cm³/mol. The first kappa shape index (κ1) is 19.0. The van der Waals surface area contributed by atoms with Crippen molar-refractivity contribution in [2.45, 2.75) is 12.8 Å². The summed E-state index contributed by atoms with van der Waals surface area (Å²) >= 11 is 0. The van der Waals surface area contributed by atoms with Gasteiger partial charge in [-0.15, -0.1) is 0 Å². The van der Waals surface area contributed by atoms with Gasteiger partial charge in [0.05, 0.1) is 35.6 Å². The Bertz CT molecular complexity index is 1680. The number of H-pyrrole nitrogens is 2. The molecule has 1 aliphatic rings. The second kappa shape index (κ2) is 7.52. The fraction of sp³-hybridized carbons (Fsp3) is 0.111. The molecule has 0 unspecified atom stereocenters. The maximum absolute atomic E-state index is 6.04. The number of nitrogens with one attached hydrogen (secondary N) is 2. The molecular formula is C27H20N6O. The molecule has 0 aliphatic carbocycles. The quantitative estimate of drug-likeness (QED) is 0.320. The van der Waals surface area contributed by atoms with Gasteiger partial charge in [0.2, 0.25) is 0 Å². The lowest BCUT2D eigenvalue weighted by Gasteiger charge is -2.09. The van der Waals surface area contributed by atoms with Crippen LogP contribution in [-0.2, 0) is 6.42 Å². The number of imidazole rings is 1. The van der Waals surface area contributed by atoms with E-state index in [9.17, 15) is 0 Å². The van der Waals surface area contributed by atoms with Gasteiger partial charge in [-0.25, -0.2) is 4.98 Å². The van der Waals surface area contributed by atoms with Crippen LogP contribution < -0.4 is 4.74 Å². The average molecular weight is 444 g/mol. The van der Waals surface area contributed by atoms with Crippen LogP contribution in [0.25, 0.3) is 55.7 Å². The largest absolute Gasteiger partial charge is 0.492 e. The molecule has 2 N–H and O–H groups in total. The highest BCUT2D eigenvalue weighted by Gasteiger charge is 2.16. The van der Waals surface area contributed by atoms with Crippen LogP contribution >= 0.6 is 0 Å². The first-order valence-corrected chi connectivity index (χ1v) is 11.3. The zero-order valence-electron chi connectivity index (χ0n) is 18.2. The van der Waals surface area contributed by atoms with E-state index in [0.717, 1.165) is 68.5 Å². The van der Waals surface area contributed by atoms with Crippen molar-refractivity contribution in [3.63, 3.8) is 0 Å². The smallest absolute Gasteiger partial charge is 0.159 e. The maximum atomic E-state index is 6.04. The second-order valence-electron chi connectivity index (χ2n) is 8.56. The molecular weight excluding hydrogens is 424 g/mol. The molecule has 0 fully saturated rings. The maximum Gasteiger partial charge on any atom is 0.159 e. The fourth-order valence-electron chi connectivity index (χ4n) is 4.65. The SMILES string of the molecule is c1cc2cc(c1)-c1cncc3[nH]c(nc13)-c1n[nH]c3ccc(cc13)-c1cncc(c1)OCCC2. The summed E-state index contributed by atoms with van der Waals surface area (Å²) in [5, 5.41) is 8.71. The summed E-state index contributed by atoms with van der Waals surface area (Å²) in [6.07, 6.45) is 9.15. The van der Waals surface area contributed by atoms with Crippen LogP contribution in [0.3, 0.4) is 0 Å². The van der Waals surface area contributed by atoms with Gasteiger partial charge in [-0.3, -0.25) is 15.1 Å². The van der Waals surface area contributed by atoms with Crippen LogP contribution in [-0.4, -0.2) is 36.7 Å². The summed E-state index contributed by atoms with van der Waals surface area (Å²) in [6.45, 7) is 0.625. The monoisotopic (exact) mass is 444 g/mol. The number of pyridine rings is 2. The molecule has 7 rings (SSSR count). The number of fused-ring (bicyclic) bond motifs is 9. The summed E-state index contributed by atoms with van der Waals surface area (Å²) in [5.74, 6) is 1.48. The molecule has 0 spiro atoms. The number of nitrogens with zero attached hydrogens (tertiary/aromatic N) is 4. The van der Waals surface area contributed by atoms with Gasteiger partial charge in [-0.05, 0) is 47.7 Å². The zero-order valence-corrected chi connectivity index (χ0v) is 18.2. The molecule has 0 radical (unpaired) electrons. The van der Waals surface area contributed by atoms with Crippen molar-refractivity contribution >= 4 is 21.9 Å². The summed E-state index contributed by atoms with van der Waals surface area (Å²) < 4.78 is 6.04. The number of aromatic amines is 2. The molecule has 7 nitrogen and oxygen atoms in total. The Morgan fingerprint density at radius 2 is 1.79 bits per heavy atom. The first-order valence-electron chi connectivity index (χ1n) is 11.3. The molecule has 34 heavy (non-hydrogen) atoms.